The summed E-state index contributed by atoms with van der Waals surface area (Å²) in [5.41, 5.74) is 7.64. The second kappa shape index (κ2) is 6.76. The lowest BCUT2D eigenvalue weighted by molar-refractivity contribution is 0.626. The molecule has 0 aliphatic carbocycles. The van der Waals surface area contributed by atoms with E-state index in [0.717, 1.165) is 0 Å². The maximum absolute atomic E-state index is 3.24. The average Bonchev–Trinajstić information content (AvgIpc) is 2.62. The molecule has 0 fully saturated rings. The number of hydrogen-bond donors (Lipinski definition) is 0. The summed E-state index contributed by atoms with van der Waals surface area (Å²) in [6.45, 7) is 13.4. The summed E-state index contributed by atoms with van der Waals surface area (Å²) in [5.74, 6) is 0. The summed E-state index contributed by atoms with van der Waals surface area (Å²) >= 11 is 0. The minimum atomic E-state index is -0.0270. The maximum Gasteiger partial charge on any atom is 0.0146 e. The van der Waals surface area contributed by atoms with Crippen LogP contribution in [0.2, 0.25) is 0 Å². The molecule has 26 heavy (non-hydrogen) atoms. The Labute approximate surface area is 158 Å². The van der Waals surface area contributed by atoms with Gasteiger partial charge in [0.05, 0.1) is 0 Å². The van der Waals surface area contributed by atoms with Gasteiger partial charge in [0.15, 0.2) is 0 Å². The van der Waals surface area contributed by atoms with Crippen molar-refractivity contribution in [3.05, 3.63) is 106 Å². The van der Waals surface area contributed by atoms with Crippen molar-refractivity contribution in [2.75, 3.05) is 0 Å². The molecule has 2 radical (unpaired) electrons. The van der Waals surface area contributed by atoms with Crippen LogP contribution in [0.25, 0.3) is 0 Å². The van der Waals surface area contributed by atoms with E-state index >= 15 is 0 Å². The van der Waals surface area contributed by atoms with Gasteiger partial charge in [-0.15, -0.1) is 0 Å². The van der Waals surface area contributed by atoms with Gasteiger partial charge in [0.2, 0.25) is 0 Å². The van der Waals surface area contributed by atoms with Crippen LogP contribution in [-0.4, -0.2) is 0 Å². The lowest BCUT2D eigenvalue weighted by atomic mass is 9.74. The van der Waals surface area contributed by atoms with Crippen LogP contribution in [-0.2, 0) is 10.8 Å². The minimum Gasteiger partial charge on any atom is -0.0579 e. The lowest BCUT2D eigenvalue weighted by Crippen LogP contribution is -2.21. The Bertz CT molecular complexity index is 819. The molecule has 0 aromatic heterocycles. The Morgan fingerprint density at radius 3 is 1.19 bits per heavy atom. The molecule has 0 heterocycles. The van der Waals surface area contributed by atoms with Crippen LogP contribution in [0.1, 0.15) is 61.1 Å². The van der Waals surface area contributed by atoms with Crippen LogP contribution in [0, 0.1) is 26.0 Å². The summed E-state index contributed by atoms with van der Waals surface area (Å²) in [7, 11) is 0. The molecule has 3 aromatic rings. The summed E-state index contributed by atoms with van der Waals surface area (Å²) in [6.07, 6.45) is 0. The number of aryl methyl sites for hydroxylation is 2. The molecule has 0 nitrogen and oxygen atoms in total. The van der Waals surface area contributed by atoms with E-state index < -0.39 is 0 Å². The highest BCUT2D eigenvalue weighted by atomic mass is 14.3. The molecule has 0 aliphatic rings. The summed E-state index contributed by atoms with van der Waals surface area (Å²) in [6, 6.07) is 28.5. The van der Waals surface area contributed by atoms with Crippen molar-refractivity contribution in [1.82, 2.24) is 0 Å². The van der Waals surface area contributed by atoms with Crippen LogP contribution in [0.5, 0.6) is 0 Å². The van der Waals surface area contributed by atoms with E-state index in [2.05, 4.69) is 102 Å². The highest BCUT2D eigenvalue weighted by Gasteiger charge is 2.26. The zero-order valence-electron chi connectivity index (χ0n) is 16.8. The normalized spacial score (nSPS) is 12.2. The van der Waals surface area contributed by atoms with Gasteiger partial charge in [-0.3, -0.25) is 0 Å². The van der Waals surface area contributed by atoms with E-state index in [9.17, 15) is 0 Å². The van der Waals surface area contributed by atoms with E-state index in [4.69, 9.17) is 0 Å². The molecule has 0 N–H and O–H groups in total. The van der Waals surface area contributed by atoms with Crippen molar-refractivity contribution in [2.24, 2.45) is 0 Å². The Kier molecular flexibility index (Phi) is 4.80. The highest BCUT2D eigenvalue weighted by Crippen LogP contribution is 2.35. The molecule has 0 aliphatic heterocycles. The largest absolute Gasteiger partial charge is 0.0579 e. The number of hydrogen-bond acceptors (Lipinski definition) is 0. The van der Waals surface area contributed by atoms with Crippen LogP contribution < -0.4 is 0 Å². The fraction of sp³-hybridized carbons (Fsp3) is 0.308. The van der Waals surface area contributed by atoms with Gasteiger partial charge in [-0.1, -0.05) is 88.4 Å². The lowest BCUT2D eigenvalue weighted by Gasteiger charge is -2.30. The topological polar surface area (TPSA) is 0 Å². The molecular weight excluding hydrogens is 312 g/mol. The zero-order chi connectivity index (χ0) is 18.9. The first-order valence-electron chi connectivity index (χ1n) is 9.30. The zero-order valence-corrected chi connectivity index (χ0v) is 16.8. The van der Waals surface area contributed by atoms with Gasteiger partial charge >= 0.3 is 0 Å². The third-order valence-corrected chi connectivity index (χ3v) is 5.66. The van der Waals surface area contributed by atoms with Crippen molar-refractivity contribution in [1.29, 1.82) is 0 Å². The van der Waals surface area contributed by atoms with Gasteiger partial charge in [-0.25, -0.2) is 0 Å². The first-order valence-corrected chi connectivity index (χ1v) is 9.30. The van der Waals surface area contributed by atoms with E-state index in [1.807, 2.05) is 12.1 Å². The van der Waals surface area contributed by atoms with Crippen LogP contribution in [0.15, 0.2) is 60.7 Å². The molecule has 0 spiro atoms. The summed E-state index contributed by atoms with van der Waals surface area (Å²) in [4.78, 5) is 0. The van der Waals surface area contributed by atoms with Gasteiger partial charge in [-0.2, -0.15) is 0 Å². The fourth-order valence-electron chi connectivity index (χ4n) is 3.59. The SMILES string of the molecule is Cc1[c]ccc(C(C)(C)c2ccc(C(C)(C)c3cc[c]c(C)c3)cc2)c1. The predicted octanol–water partition coefficient (Wildman–Crippen LogP) is 6.56. The molecule has 0 unspecified atom stereocenters. The van der Waals surface area contributed by atoms with E-state index in [1.165, 1.54) is 33.4 Å². The fourth-order valence-corrected chi connectivity index (χ4v) is 3.59. The summed E-state index contributed by atoms with van der Waals surface area (Å²) < 4.78 is 0. The molecule has 0 atom stereocenters. The van der Waals surface area contributed by atoms with Crippen LogP contribution >= 0.6 is 0 Å². The summed E-state index contributed by atoms with van der Waals surface area (Å²) in [5, 5.41) is 0. The third kappa shape index (κ3) is 3.46. The maximum atomic E-state index is 3.24. The van der Waals surface area contributed by atoms with E-state index in [1.54, 1.807) is 0 Å². The smallest absolute Gasteiger partial charge is 0.0146 e. The van der Waals surface area contributed by atoms with Gasteiger partial charge in [0, 0.05) is 10.8 Å². The highest BCUT2D eigenvalue weighted by molar-refractivity contribution is 5.44. The van der Waals surface area contributed by atoms with Gasteiger partial charge in [0.25, 0.3) is 0 Å². The first-order chi connectivity index (χ1) is 12.2. The second-order valence-electron chi connectivity index (χ2n) is 8.35. The molecule has 132 valence electrons. The van der Waals surface area contributed by atoms with Gasteiger partial charge in [-0.05, 0) is 59.4 Å². The standard InChI is InChI=1S/C26H28/c1-19-9-7-11-23(17-19)25(3,4)21-13-15-22(16-14-21)26(5,6)24-12-8-10-20(2)18-24/h7-8,11-18H,1-6H3. The molecule has 0 saturated heterocycles. The molecule has 0 heteroatoms. The van der Waals surface area contributed by atoms with Crippen molar-refractivity contribution in [2.45, 2.75) is 52.4 Å². The Balaban J connectivity index is 1.95. The van der Waals surface area contributed by atoms with Crippen molar-refractivity contribution in [3.8, 4) is 0 Å². The van der Waals surface area contributed by atoms with Crippen LogP contribution in [0.3, 0.4) is 0 Å². The minimum absolute atomic E-state index is 0.0270. The second-order valence-corrected chi connectivity index (χ2v) is 8.35. The van der Waals surface area contributed by atoms with Crippen molar-refractivity contribution < 1.29 is 0 Å². The molecule has 0 amide bonds. The molecular formula is C26H28. The molecule has 0 saturated carbocycles. The Morgan fingerprint density at radius 1 is 0.538 bits per heavy atom. The molecule has 3 aromatic carbocycles. The average molecular weight is 341 g/mol. The quantitative estimate of drug-likeness (QED) is 0.505. The van der Waals surface area contributed by atoms with Gasteiger partial charge < -0.3 is 0 Å². The van der Waals surface area contributed by atoms with Crippen LogP contribution in [0.4, 0.5) is 0 Å². The van der Waals surface area contributed by atoms with E-state index in [0.29, 0.717) is 0 Å². The van der Waals surface area contributed by atoms with Gasteiger partial charge in [0.1, 0.15) is 0 Å². The molecule has 3 rings (SSSR count). The number of rotatable bonds is 4. The number of benzene rings is 3. The van der Waals surface area contributed by atoms with Crippen molar-refractivity contribution in [3.63, 3.8) is 0 Å². The van der Waals surface area contributed by atoms with E-state index in [-0.39, 0.29) is 10.8 Å². The monoisotopic (exact) mass is 340 g/mol. The predicted molar refractivity (Wildman–Crippen MR) is 111 cm³/mol. The molecule has 0 bridgehead atoms. The Hall–Kier alpha value is -2.34. The van der Waals surface area contributed by atoms with Crippen molar-refractivity contribution >= 4 is 0 Å². The first kappa shape index (κ1) is 18.5. The Morgan fingerprint density at radius 2 is 0.885 bits per heavy atom. The third-order valence-electron chi connectivity index (χ3n) is 5.66.